The summed E-state index contributed by atoms with van der Waals surface area (Å²) in [5, 5.41) is 3.96. The summed E-state index contributed by atoms with van der Waals surface area (Å²) in [5.41, 5.74) is 2.56. The summed E-state index contributed by atoms with van der Waals surface area (Å²) in [6, 6.07) is 13.2. The first-order valence-corrected chi connectivity index (χ1v) is 14.3. The number of hydrogen-bond donors (Lipinski definition) is 1. The average molecular weight is 635 g/mol. The fourth-order valence-corrected chi connectivity index (χ4v) is 5.41. The molecule has 1 N–H and O–H groups in total. The van der Waals surface area contributed by atoms with Crippen LogP contribution in [-0.2, 0) is 11.3 Å². The quantitative estimate of drug-likeness (QED) is 0.261. The van der Waals surface area contributed by atoms with Gasteiger partial charge in [-0.15, -0.1) is 0 Å². The number of rotatable bonds is 8. The summed E-state index contributed by atoms with van der Waals surface area (Å²) in [5.74, 6) is 1.09. The van der Waals surface area contributed by atoms with Crippen molar-refractivity contribution in [1.29, 1.82) is 0 Å². The molecule has 37 heavy (non-hydrogen) atoms. The van der Waals surface area contributed by atoms with Gasteiger partial charge < -0.3 is 10.2 Å². The Kier molecular flexibility index (Phi) is 9.40. The van der Waals surface area contributed by atoms with Gasteiger partial charge in [-0.05, 0) is 77.7 Å². The van der Waals surface area contributed by atoms with Crippen molar-refractivity contribution in [2.75, 3.05) is 4.90 Å². The Morgan fingerprint density at radius 1 is 1.08 bits per heavy atom. The highest BCUT2D eigenvalue weighted by atomic mass is 127. The van der Waals surface area contributed by atoms with Crippen LogP contribution in [0.15, 0.2) is 48.5 Å². The summed E-state index contributed by atoms with van der Waals surface area (Å²) >= 11 is 8.43. The monoisotopic (exact) mass is 634 g/mol. The van der Waals surface area contributed by atoms with Crippen LogP contribution in [0.2, 0.25) is 5.02 Å². The van der Waals surface area contributed by atoms with E-state index in [1.54, 1.807) is 12.1 Å². The highest BCUT2D eigenvalue weighted by molar-refractivity contribution is 14.1. The molecule has 1 aromatic heterocycles. The van der Waals surface area contributed by atoms with Gasteiger partial charge in [0.25, 0.3) is 0 Å². The summed E-state index contributed by atoms with van der Waals surface area (Å²) in [7, 11) is 0. The SMILES string of the molecule is Cc1nc(C(C)C)nc(N(Cc2ccc(Cl)cc2)C(C(=O)NC2CCCCC2)c2ccc(F)cc2)c1I. The molecule has 0 spiro atoms. The molecule has 196 valence electrons. The van der Waals surface area contributed by atoms with Gasteiger partial charge in [0, 0.05) is 23.5 Å². The molecule has 1 unspecified atom stereocenters. The molecular formula is C29H33ClFIN4O. The summed E-state index contributed by atoms with van der Waals surface area (Å²) in [4.78, 5) is 25.8. The predicted octanol–water partition coefficient (Wildman–Crippen LogP) is 7.50. The Bertz CT molecular complexity index is 1210. The smallest absolute Gasteiger partial charge is 0.247 e. The van der Waals surface area contributed by atoms with Gasteiger partial charge in [-0.2, -0.15) is 0 Å². The van der Waals surface area contributed by atoms with Crippen molar-refractivity contribution in [2.45, 2.75) is 77.4 Å². The van der Waals surface area contributed by atoms with Crippen molar-refractivity contribution in [3.05, 3.63) is 85.6 Å². The molecule has 1 saturated carbocycles. The molecule has 1 fully saturated rings. The first kappa shape index (κ1) is 27.8. The topological polar surface area (TPSA) is 58.1 Å². The molecule has 5 nitrogen and oxygen atoms in total. The van der Waals surface area contributed by atoms with Crippen molar-refractivity contribution in [2.24, 2.45) is 0 Å². The normalized spacial score (nSPS) is 15.0. The number of anilines is 1. The lowest BCUT2D eigenvalue weighted by Crippen LogP contribution is -2.45. The number of aromatic nitrogens is 2. The largest absolute Gasteiger partial charge is 0.351 e. The molecule has 1 aliphatic carbocycles. The number of aryl methyl sites for hydroxylation is 1. The third kappa shape index (κ3) is 6.99. The highest BCUT2D eigenvalue weighted by Crippen LogP contribution is 2.34. The van der Waals surface area contributed by atoms with E-state index < -0.39 is 6.04 Å². The number of nitrogens with one attached hydrogen (secondary N) is 1. The van der Waals surface area contributed by atoms with Crippen molar-refractivity contribution < 1.29 is 9.18 Å². The van der Waals surface area contributed by atoms with E-state index in [0.29, 0.717) is 22.9 Å². The van der Waals surface area contributed by atoms with Crippen LogP contribution in [0.25, 0.3) is 0 Å². The van der Waals surface area contributed by atoms with E-state index in [-0.39, 0.29) is 23.7 Å². The molecule has 2 aromatic carbocycles. The van der Waals surface area contributed by atoms with E-state index in [9.17, 15) is 9.18 Å². The maximum atomic E-state index is 14.1. The molecule has 1 aliphatic rings. The molecule has 0 aliphatic heterocycles. The minimum absolute atomic E-state index is 0.106. The minimum Gasteiger partial charge on any atom is -0.351 e. The van der Waals surface area contributed by atoms with Crippen LogP contribution in [0.5, 0.6) is 0 Å². The van der Waals surface area contributed by atoms with Gasteiger partial charge in [-0.3, -0.25) is 4.79 Å². The maximum Gasteiger partial charge on any atom is 0.247 e. The van der Waals surface area contributed by atoms with E-state index in [1.165, 1.54) is 18.6 Å². The Morgan fingerprint density at radius 2 is 1.73 bits per heavy atom. The Labute approximate surface area is 237 Å². The molecule has 0 bridgehead atoms. The minimum atomic E-state index is -0.707. The first-order valence-electron chi connectivity index (χ1n) is 12.8. The van der Waals surface area contributed by atoms with Crippen LogP contribution >= 0.6 is 34.2 Å². The molecule has 4 rings (SSSR count). The second-order valence-corrected chi connectivity index (χ2v) is 11.5. The summed E-state index contributed by atoms with van der Waals surface area (Å²) in [6.07, 6.45) is 5.37. The lowest BCUT2D eigenvalue weighted by Gasteiger charge is -2.35. The third-order valence-electron chi connectivity index (χ3n) is 6.77. The van der Waals surface area contributed by atoms with E-state index in [0.717, 1.165) is 46.3 Å². The van der Waals surface area contributed by atoms with Gasteiger partial charge in [-0.25, -0.2) is 14.4 Å². The molecule has 8 heteroatoms. The molecule has 3 aromatic rings. The zero-order valence-electron chi connectivity index (χ0n) is 21.5. The maximum absolute atomic E-state index is 14.1. The predicted molar refractivity (Wildman–Crippen MR) is 155 cm³/mol. The number of hydrogen-bond acceptors (Lipinski definition) is 4. The van der Waals surface area contributed by atoms with E-state index in [1.807, 2.05) is 36.1 Å². The van der Waals surface area contributed by atoms with Crippen molar-refractivity contribution in [3.8, 4) is 0 Å². The molecule has 1 amide bonds. The summed E-state index contributed by atoms with van der Waals surface area (Å²) in [6.45, 7) is 6.50. The standard InChI is InChI=1S/C29H33ClFIN4O/c1-18(2)27-33-19(3)25(32)28(35-27)36(17-20-9-13-22(30)14-10-20)26(21-11-15-23(31)16-12-21)29(37)34-24-7-5-4-6-8-24/h9-16,18,24,26H,4-8,17H2,1-3H3,(H,34,37). The van der Waals surface area contributed by atoms with Crippen LogP contribution in [0, 0.1) is 16.3 Å². The molecule has 1 atom stereocenters. The fourth-order valence-electron chi connectivity index (χ4n) is 4.73. The average Bonchev–Trinajstić information content (AvgIpc) is 2.88. The Balaban J connectivity index is 1.84. The highest BCUT2D eigenvalue weighted by Gasteiger charge is 2.33. The lowest BCUT2D eigenvalue weighted by molar-refractivity contribution is -0.123. The van der Waals surface area contributed by atoms with Crippen LogP contribution < -0.4 is 10.2 Å². The van der Waals surface area contributed by atoms with Gasteiger partial charge in [0.2, 0.25) is 5.91 Å². The van der Waals surface area contributed by atoms with Gasteiger partial charge >= 0.3 is 0 Å². The van der Waals surface area contributed by atoms with Gasteiger partial charge in [0.1, 0.15) is 23.5 Å². The van der Waals surface area contributed by atoms with E-state index in [2.05, 4.69) is 41.8 Å². The van der Waals surface area contributed by atoms with Crippen molar-refractivity contribution in [1.82, 2.24) is 15.3 Å². The third-order valence-corrected chi connectivity index (χ3v) is 8.28. The second-order valence-electron chi connectivity index (χ2n) is 10.0. The van der Waals surface area contributed by atoms with Crippen LogP contribution in [0.4, 0.5) is 10.2 Å². The lowest BCUT2D eigenvalue weighted by atomic mass is 9.94. The molecule has 1 heterocycles. The zero-order chi connectivity index (χ0) is 26.5. The number of amides is 1. The fraction of sp³-hybridized carbons (Fsp3) is 0.414. The van der Waals surface area contributed by atoms with E-state index in [4.69, 9.17) is 21.6 Å². The van der Waals surface area contributed by atoms with Gasteiger partial charge in [0.15, 0.2) is 0 Å². The number of carbonyl (C=O) groups is 1. The van der Waals surface area contributed by atoms with Crippen molar-refractivity contribution in [3.63, 3.8) is 0 Å². The van der Waals surface area contributed by atoms with Gasteiger partial charge in [-0.1, -0.05) is 69.0 Å². The van der Waals surface area contributed by atoms with E-state index >= 15 is 0 Å². The number of halogens is 3. The number of nitrogens with zero attached hydrogens (tertiary/aromatic N) is 3. The zero-order valence-corrected chi connectivity index (χ0v) is 24.4. The molecular weight excluding hydrogens is 602 g/mol. The Morgan fingerprint density at radius 3 is 2.35 bits per heavy atom. The van der Waals surface area contributed by atoms with Crippen molar-refractivity contribution >= 4 is 45.9 Å². The number of benzene rings is 2. The van der Waals surface area contributed by atoms with Gasteiger partial charge in [0.05, 0.1) is 9.26 Å². The summed E-state index contributed by atoms with van der Waals surface area (Å²) < 4.78 is 14.8. The second kappa shape index (κ2) is 12.5. The first-order chi connectivity index (χ1) is 17.7. The van der Waals surface area contributed by atoms with Crippen LogP contribution in [0.3, 0.4) is 0 Å². The number of carbonyl (C=O) groups excluding carboxylic acids is 1. The van der Waals surface area contributed by atoms with Crippen LogP contribution in [-0.4, -0.2) is 21.9 Å². The molecule has 0 radical (unpaired) electrons. The molecule has 0 saturated heterocycles. The van der Waals surface area contributed by atoms with Crippen LogP contribution in [0.1, 0.15) is 80.6 Å². The Hall–Kier alpha value is -2.26.